The van der Waals surface area contributed by atoms with Crippen molar-refractivity contribution >= 4 is 17.8 Å². The molecule has 130 valence electrons. The number of hydrogen-bond acceptors (Lipinski definition) is 7. The second-order valence-electron chi connectivity index (χ2n) is 6.17. The van der Waals surface area contributed by atoms with Crippen LogP contribution in [-0.4, -0.2) is 88.9 Å². The average molecular weight is 327 g/mol. The lowest BCUT2D eigenvalue weighted by atomic mass is 9.91. The molecular formula is C14H25N5O4. The number of nitrogens with zero attached hydrogens (tertiary/aromatic N) is 4. The number of carbonyl (C=O) groups is 1. The first-order chi connectivity index (χ1) is 10.7. The van der Waals surface area contributed by atoms with E-state index in [0.717, 1.165) is 0 Å². The van der Waals surface area contributed by atoms with E-state index in [9.17, 15) is 15.0 Å². The van der Waals surface area contributed by atoms with Gasteiger partial charge in [0.25, 0.3) is 0 Å². The molecule has 0 aromatic rings. The predicted octanol–water partition coefficient (Wildman–Crippen LogP) is -1.01. The fourth-order valence-electron chi connectivity index (χ4n) is 3.08. The van der Waals surface area contributed by atoms with Crippen LogP contribution in [0.25, 0.3) is 0 Å². The molecule has 9 nitrogen and oxygen atoms in total. The monoisotopic (exact) mass is 327 g/mol. The summed E-state index contributed by atoms with van der Waals surface area (Å²) >= 11 is 0. The van der Waals surface area contributed by atoms with Gasteiger partial charge in [0.1, 0.15) is 24.8 Å². The Kier molecular flexibility index (Phi) is 4.81. The molecule has 1 saturated heterocycles. The quantitative estimate of drug-likeness (QED) is 0.450. The van der Waals surface area contributed by atoms with Crippen LogP contribution < -0.4 is 5.73 Å². The van der Waals surface area contributed by atoms with Crippen LogP contribution in [0.5, 0.6) is 0 Å². The lowest BCUT2D eigenvalue weighted by Crippen LogP contribution is -2.66. The summed E-state index contributed by atoms with van der Waals surface area (Å²) in [5, 5.41) is 21.4. The summed E-state index contributed by atoms with van der Waals surface area (Å²) in [7, 11) is 3.15. The molecule has 0 radical (unpaired) electrons. The molecule has 0 aromatic carbocycles. The first-order valence-corrected chi connectivity index (χ1v) is 7.54. The maximum Gasteiger partial charge on any atom is 0.409 e. The Morgan fingerprint density at radius 1 is 1.61 bits per heavy atom. The van der Waals surface area contributed by atoms with Gasteiger partial charge in [-0.25, -0.2) is 4.79 Å². The predicted molar refractivity (Wildman–Crippen MR) is 85.3 cm³/mol. The molecule has 23 heavy (non-hydrogen) atoms. The van der Waals surface area contributed by atoms with E-state index in [2.05, 4.69) is 9.98 Å². The van der Waals surface area contributed by atoms with Crippen LogP contribution in [0.15, 0.2) is 9.98 Å². The topological polar surface area (TPSA) is 124 Å². The number of aliphatic imine (C=N–C) groups is 2. The Morgan fingerprint density at radius 3 is 2.83 bits per heavy atom. The van der Waals surface area contributed by atoms with Gasteiger partial charge in [0.15, 0.2) is 5.72 Å². The molecular weight excluding hydrogens is 302 g/mol. The van der Waals surface area contributed by atoms with E-state index in [0.29, 0.717) is 18.8 Å². The van der Waals surface area contributed by atoms with Gasteiger partial charge in [0, 0.05) is 20.6 Å². The van der Waals surface area contributed by atoms with Gasteiger partial charge in [0.2, 0.25) is 0 Å². The smallest absolute Gasteiger partial charge is 0.409 e. The van der Waals surface area contributed by atoms with Gasteiger partial charge in [-0.05, 0) is 20.3 Å². The number of fused-ring (bicyclic) bond motifs is 1. The van der Waals surface area contributed by atoms with Gasteiger partial charge in [-0.3, -0.25) is 9.98 Å². The highest BCUT2D eigenvalue weighted by atomic mass is 16.6. The molecule has 0 aromatic heterocycles. The van der Waals surface area contributed by atoms with Crippen LogP contribution in [0.2, 0.25) is 0 Å². The number of aliphatic hydroxyl groups is 2. The maximum atomic E-state index is 11.6. The Labute approximate surface area is 135 Å². The van der Waals surface area contributed by atoms with Crippen LogP contribution in [-0.2, 0) is 4.74 Å². The van der Waals surface area contributed by atoms with Crippen LogP contribution >= 0.6 is 0 Å². The van der Waals surface area contributed by atoms with Gasteiger partial charge in [-0.1, -0.05) is 0 Å². The average Bonchev–Trinajstić information content (AvgIpc) is 2.77. The first-order valence-electron chi connectivity index (χ1n) is 7.54. The SMILES string of the molecule is CC(N)=NC1C(COC(=O)N(C)C)N=C(C)N2CCC(O)C12O. The fourth-order valence-corrected chi connectivity index (χ4v) is 3.08. The second-order valence-corrected chi connectivity index (χ2v) is 6.17. The minimum atomic E-state index is -1.60. The Bertz CT molecular complexity index is 531. The summed E-state index contributed by atoms with van der Waals surface area (Å²) in [4.78, 5) is 23.3. The summed E-state index contributed by atoms with van der Waals surface area (Å²) in [6.45, 7) is 3.77. The molecule has 1 fully saturated rings. The van der Waals surface area contributed by atoms with E-state index in [4.69, 9.17) is 10.5 Å². The maximum absolute atomic E-state index is 11.6. The number of carbonyl (C=O) groups excluding carboxylic acids is 1. The minimum absolute atomic E-state index is 0.0569. The molecule has 0 saturated carbocycles. The van der Waals surface area contributed by atoms with Crippen molar-refractivity contribution < 1.29 is 19.7 Å². The highest BCUT2D eigenvalue weighted by molar-refractivity contribution is 5.83. The van der Waals surface area contributed by atoms with Crippen molar-refractivity contribution in [3.63, 3.8) is 0 Å². The number of aliphatic hydroxyl groups excluding tert-OH is 1. The summed E-state index contributed by atoms with van der Waals surface area (Å²) in [5.41, 5.74) is 4.09. The number of nitrogens with two attached hydrogens (primary N) is 1. The van der Waals surface area contributed by atoms with Crippen LogP contribution in [0.1, 0.15) is 20.3 Å². The minimum Gasteiger partial charge on any atom is -0.447 e. The van der Waals surface area contributed by atoms with Gasteiger partial charge in [-0.15, -0.1) is 0 Å². The second kappa shape index (κ2) is 6.32. The van der Waals surface area contributed by atoms with Gasteiger partial charge < -0.3 is 30.5 Å². The third-order valence-corrected chi connectivity index (χ3v) is 4.18. The van der Waals surface area contributed by atoms with Crippen LogP contribution in [0, 0.1) is 0 Å². The lowest BCUT2D eigenvalue weighted by Gasteiger charge is -2.46. The molecule has 0 bridgehead atoms. The van der Waals surface area contributed by atoms with E-state index in [1.165, 1.54) is 4.90 Å². The zero-order valence-corrected chi connectivity index (χ0v) is 13.9. The summed E-state index contributed by atoms with van der Waals surface area (Å²) < 4.78 is 5.19. The number of amidine groups is 2. The molecule has 1 amide bonds. The third kappa shape index (κ3) is 3.11. The normalized spacial score (nSPS) is 34.0. The third-order valence-electron chi connectivity index (χ3n) is 4.18. The van der Waals surface area contributed by atoms with Crippen molar-refractivity contribution in [1.82, 2.24) is 9.80 Å². The Morgan fingerprint density at radius 2 is 2.26 bits per heavy atom. The Hall–Kier alpha value is -1.87. The van der Waals surface area contributed by atoms with Gasteiger partial charge in [-0.2, -0.15) is 0 Å². The van der Waals surface area contributed by atoms with Gasteiger partial charge in [0.05, 0.1) is 11.7 Å². The number of rotatable bonds is 3. The number of amides is 1. The molecule has 2 rings (SSSR count). The van der Waals surface area contributed by atoms with Crippen molar-refractivity contribution in [2.24, 2.45) is 15.7 Å². The van der Waals surface area contributed by atoms with E-state index in [1.54, 1.807) is 32.8 Å². The Balaban J connectivity index is 2.32. The highest BCUT2D eigenvalue weighted by Gasteiger charge is 2.58. The lowest BCUT2D eigenvalue weighted by molar-refractivity contribution is -0.142. The summed E-state index contributed by atoms with van der Waals surface area (Å²) in [6.07, 6.45) is -1.08. The van der Waals surface area contributed by atoms with E-state index in [-0.39, 0.29) is 12.4 Å². The van der Waals surface area contributed by atoms with E-state index >= 15 is 0 Å². The molecule has 2 aliphatic rings. The van der Waals surface area contributed by atoms with Crippen LogP contribution in [0.4, 0.5) is 4.79 Å². The number of ether oxygens (including phenoxy) is 1. The van der Waals surface area contributed by atoms with E-state index in [1.807, 2.05) is 0 Å². The van der Waals surface area contributed by atoms with Crippen molar-refractivity contribution in [3.05, 3.63) is 0 Å². The zero-order valence-electron chi connectivity index (χ0n) is 13.9. The largest absolute Gasteiger partial charge is 0.447 e. The molecule has 4 atom stereocenters. The van der Waals surface area contributed by atoms with E-state index < -0.39 is 30.0 Å². The summed E-state index contributed by atoms with van der Waals surface area (Å²) in [6, 6.07) is -1.44. The van der Waals surface area contributed by atoms with Crippen molar-refractivity contribution in [3.8, 4) is 0 Å². The molecule has 0 spiro atoms. The molecule has 2 aliphatic heterocycles. The number of hydrogen-bond donors (Lipinski definition) is 3. The zero-order chi connectivity index (χ0) is 17.4. The van der Waals surface area contributed by atoms with Gasteiger partial charge >= 0.3 is 6.09 Å². The molecule has 0 aliphatic carbocycles. The van der Waals surface area contributed by atoms with Crippen molar-refractivity contribution in [2.75, 3.05) is 27.2 Å². The van der Waals surface area contributed by atoms with Crippen molar-refractivity contribution in [1.29, 1.82) is 0 Å². The fraction of sp³-hybridized carbons (Fsp3) is 0.786. The molecule has 2 heterocycles. The molecule has 9 heteroatoms. The molecule has 4 unspecified atom stereocenters. The highest BCUT2D eigenvalue weighted by Crippen LogP contribution is 2.38. The standard InChI is InChI=1S/C14H25N5O4/c1-8(15)16-12-10(7-23-13(21)18(3)4)17-9(2)19-6-5-11(20)14(12,19)22/h10-12,20,22H,5-7H2,1-4H3,(H2,15,16). The molecule has 4 N–H and O–H groups in total. The first kappa shape index (κ1) is 17.5. The summed E-state index contributed by atoms with van der Waals surface area (Å²) in [5.74, 6) is 0.845. The van der Waals surface area contributed by atoms with Crippen molar-refractivity contribution in [2.45, 2.75) is 44.2 Å². The van der Waals surface area contributed by atoms with Crippen LogP contribution in [0.3, 0.4) is 0 Å².